The largest absolute Gasteiger partial charge is 0.463 e. The number of carbonyl (C=O) groups is 1. The normalized spacial score (nSPS) is 15.2. The van der Waals surface area contributed by atoms with Gasteiger partial charge in [0.2, 0.25) is 5.91 Å². The number of nitrogens with zero attached hydrogens (tertiary/aromatic N) is 4. The van der Waals surface area contributed by atoms with E-state index in [2.05, 4.69) is 25.1 Å². The molecule has 0 bridgehead atoms. The smallest absolute Gasteiger partial charge is 0.240 e. The molecule has 1 aliphatic heterocycles. The maximum Gasteiger partial charge on any atom is 0.240 e. The third-order valence-electron chi connectivity index (χ3n) is 4.24. The number of amides is 1. The summed E-state index contributed by atoms with van der Waals surface area (Å²) in [6, 6.07) is 9.59. The minimum absolute atomic E-state index is 0.0448. The predicted molar refractivity (Wildman–Crippen MR) is 101 cm³/mol. The molecule has 0 unspecified atom stereocenters. The Morgan fingerprint density at radius 3 is 2.81 bits per heavy atom. The molecule has 1 fully saturated rings. The van der Waals surface area contributed by atoms with E-state index in [0.29, 0.717) is 17.4 Å². The lowest BCUT2D eigenvalue weighted by atomic mass is 10.3. The highest BCUT2D eigenvalue weighted by molar-refractivity contribution is 7.14. The van der Waals surface area contributed by atoms with Crippen LogP contribution in [0.25, 0.3) is 11.5 Å². The number of carbonyl (C=O) groups excluding carboxylic acids is 1. The van der Waals surface area contributed by atoms with Gasteiger partial charge in [-0.25, -0.2) is 9.97 Å². The molecule has 8 heteroatoms. The third kappa shape index (κ3) is 3.92. The number of hydrogen-bond acceptors (Lipinski definition) is 7. The van der Waals surface area contributed by atoms with Crippen LogP contribution in [0.4, 0.5) is 10.9 Å². The fourth-order valence-corrected chi connectivity index (χ4v) is 3.62. The van der Waals surface area contributed by atoms with Gasteiger partial charge < -0.3 is 14.6 Å². The molecule has 3 aromatic rings. The van der Waals surface area contributed by atoms with E-state index in [1.165, 1.54) is 11.3 Å². The zero-order chi connectivity index (χ0) is 17.8. The maximum absolute atomic E-state index is 12.3. The van der Waals surface area contributed by atoms with Crippen molar-refractivity contribution in [3.05, 3.63) is 48.2 Å². The highest BCUT2D eigenvalue weighted by Crippen LogP contribution is 2.25. The third-order valence-corrected chi connectivity index (χ3v) is 4.99. The predicted octanol–water partition coefficient (Wildman–Crippen LogP) is 2.56. The van der Waals surface area contributed by atoms with E-state index in [-0.39, 0.29) is 5.91 Å². The lowest BCUT2D eigenvalue weighted by Crippen LogP contribution is -2.48. The van der Waals surface area contributed by atoms with Crippen molar-refractivity contribution in [1.82, 2.24) is 14.9 Å². The van der Waals surface area contributed by atoms with Crippen LogP contribution in [0.1, 0.15) is 0 Å². The molecule has 1 N–H and O–H groups in total. The van der Waals surface area contributed by atoms with Crippen LogP contribution in [0.3, 0.4) is 0 Å². The van der Waals surface area contributed by atoms with Gasteiger partial charge in [-0.05, 0) is 24.3 Å². The Morgan fingerprint density at radius 1 is 1.19 bits per heavy atom. The van der Waals surface area contributed by atoms with Gasteiger partial charge in [-0.1, -0.05) is 6.07 Å². The van der Waals surface area contributed by atoms with Gasteiger partial charge in [0.15, 0.2) is 10.9 Å². The first-order chi connectivity index (χ1) is 12.8. The monoisotopic (exact) mass is 369 g/mol. The summed E-state index contributed by atoms with van der Waals surface area (Å²) in [6.45, 7) is 3.76. The van der Waals surface area contributed by atoms with Gasteiger partial charge in [-0.2, -0.15) is 0 Å². The molecule has 0 radical (unpaired) electrons. The molecule has 0 saturated carbocycles. The first-order valence-electron chi connectivity index (χ1n) is 8.45. The molecular weight excluding hydrogens is 350 g/mol. The lowest BCUT2D eigenvalue weighted by Gasteiger charge is -2.34. The molecule has 134 valence electrons. The molecule has 1 aliphatic rings. The van der Waals surface area contributed by atoms with Crippen molar-refractivity contribution >= 4 is 28.2 Å². The molecule has 0 aromatic carbocycles. The Hall–Kier alpha value is -2.71. The van der Waals surface area contributed by atoms with Crippen molar-refractivity contribution in [2.75, 3.05) is 42.9 Å². The van der Waals surface area contributed by atoms with E-state index < -0.39 is 0 Å². The van der Waals surface area contributed by atoms with Crippen LogP contribution in [0, 0.1) is 0 Å². The number of thiazole rings is 1. The van der Waals surface area contributed by atoms with Crippen LogP contribution < -0.4 is 10.2 Å². The van der Waals surface area contributed by atoms with Crippen molar-refractivity contribution < 1.29 is 9.21 Å². The van der Waals surface area contributed by atoms with Crippen LogP contribution in [0.5, 0.6) is 0 Å². The summed E-state index contributed by atoms with van der Waals surface area (Å²) in [4.78, 5) is 25.5. The lowest BCUT2D eigenvalue weighted by molar-refractivity contribution is -0.117. The highest BCUT2D eigenvalue weighted by atomic mass is 32.1. The second kappa shape index (κ2) is 7.67. The molecule has 3 aromatic heterocycles. The molecule has 1 saturated heterocycles. The minimum atomic E-state index is -0.0448. The summed E-state index contributed by atoms with van der Waals surface area (Å²) in [5.74, 6) is 1.65. The summed E-state index contributed by atoms with van der Waals surface area (Å²) in [5, 5.41) is 5.34. The highest BCUT2D eigenvalue weighted by Gasteiger charge is 2.20. The van der Waals surface area contributed by atoms with E-state index in [1.807, 2.05) is 35.7 Å². The molecule has 4 heterocycles. The van der Waals surface area contributed by atoms with Crippen molar-refractivity contribution in [2.24, 2.45) is 0 Å². The summed E-state index contributed by atoms with van der Waals surface area (Å²) >= 11 is 1.40. The molecule has 26 heavy (non-hydrogen) atoms. The van der Waals surface area contributed by atoms with Crippen LogP contribution in [-0.2, 0) is 4.79 Å². The van der Waals surface area contributed by atoms with Crippen molar-refractivity contribution in [1.29, 1.82) is 0 Å². The van der Waals surface area contributed by atoms with Crippen molar-refractivity contribution in [3.8, 4) is 11.5 Å². The number of piperazine rings is 1. The molecule has 0 aliphatic carbocycles. The van der Waals surface area contributed by atoms with Gasteiger partial charge in [0, 0.05) is 37.8 Å². The molecule has 0 atom stereocenters. The van der Waals surface area contributed by atoms with Crippen LogP contribution >= 0.6 is 11.3 Å². The second-order valence-electron chi connectivity index (χ2n) is 6.01. The van der Waals surface area contributed by atoms with E-state index >= 15 is 0 Å². The number of rotatable bonds is 5. The summed E-state index contributed by atoms with van der Waals surface area (Å²) in [6.07, 6.45) is 3.41. The minimum Gasteiger partial charge on any atom is -0.463 e. The van der Waals surface area contributed by atoms with Gasteiger partial charge in [0.1, 0.15) is 11.5 Å². The van der Waals surface area contributed by atoms with E-state index in [0.717, 1.165) is 37.7 Å². The van der Waals surface area contributed by atoms with Gasteiger partial charge >= 0.3 is 0 Å². The Balaban J connectivity index is 1.27. The van der Waals surface area contributed by atoms with Crippen molar-refractivity contribution in [3.63, 3.8) is 0 Å². The molecular formula is C18H19N5O2S. The van der Waals surface area contributed by atoms with Crippen LogP contribution in [0.15, 0.2) is 52.6 Å². The number of anilines is 2. The Labute approximate surface area is 155 Å². The first kappa shape index (κ1) is 16.7. The second-order valence-corrected chi connectivity index (χ2v) is 6.87. The zero-order valence-corrected chi connectivity index (χ0v) is 15.0. The first-order valence-corrected chi connectivity index (χ1v) is 9.33. The van der Waals surface area contributed by atoms with Gasteiger partial charge in [-0.3, -0.25) is 9.69 Å². The maximum atomic E-state index is 12.3. The fourth-order valence-electron chi connectivity index (χ4n) is 2.91. The van der Waals surface area contributed by atoms with Gasteiger partial charge in [0.25, 0.3) is 0 Å². The van der Waals surface area contributed by atoms with Gasteiger partial charge in [0.05, 0.1) is 12.8 Å². The summed E-state index contributed by atoms with van der Waals surface area (Å²) in [5.41, 5.74) is 0.735. The van der Waals surface area contributed by atoms with E-state index in [1.54, 1.807) is 12.5 Å². The molecule has 1 amide bonds. The average molecular weight is 369 g/mol. The number of aromatic nitrogens is 2. The van der Waals surface area contributed by atoms with E-state index in [9.17, 15) is 4.79 Å². The topological polar surface area (TPSA) is 74.5 Å². The zero-order valence-electron chi connectivity index (χ0n) is 14.2. The number of furan rings is 1. The molecule has 7 nitrogen and oxygen atoms in total. The number of hydrogen-bond donors (Lipinski definition) is 1. The van der Waals surface area contributed by atoms with Crippen molar-refractivity contribution in [2.45, 2.75) is 0 Å². The van der Waals surface area contributed by atoms with Crippen LogP contribution in [0.2, 0.25) is 0 Å². The standard InChI is InChI=1S/C18H19N5O2S/c24-17(21-18-20-14(13-26-18)15-4-3-11-25-15)12-22-7-9-23(10-8-22)16-5-1-2-6-19-16/h1-6,11,13H,7-10,12H2,(H,20,21,24). The fraction of sp³-hybridized carbons (Fsp3) is 0.278. The average Bonchev–Trinajstić information content (AvgIpc) is 3.35. The summed E-state index contributed by atoms with van der Waals surface area (Å²) < 4.78 is 5.32. The van der Waals surface area contributed by atoms with Crippen LogP contribution in [-0.4, -0.2) is 53.5 Å². The SMILES string of the molecule is O=C(CN1CCN(c2ccccn2)CC1)Nc1nc(-c2ccco2)cs1. The Morgan fingerprint density at radius 2 is 2.08 bits per heavy atom. The van der Waals surface area contributed by atoms with Gasteiger partial charge in [-0.15, -0.1) is 11.3 Å². The van der Waals surface area contributed by atoms with E-state index in [4.69, 9.17) is 4.42 Å². The molecule has 4 rings (SSSR count). The molecule has 0 spiro atoms. The number of nitrogens with one attached hydrogen (secondary N) is 1. The Bertz CT molecular complexity index is 842. The Kier molecular flexibility index (Phi) is 4.94. The summed E-state index contributed by atoms with van der Waals surface area (Å²) in [7, 11) is 0. The quantitative estimate of drug-likeness (QED) is 0.745. The number of pyridine rings is 1.